The van der Waals surface area contributed by atoms with Crippen molar-refractivity contribution in [2.24, 2.45) is 0 Å². The molecule has 2 aromatic rings. The normalized spacial score (nSPS) is 20.3. The Balaban J connectivity index is 0.000000168. The number of carbonyl (C=O) groups excluding carboxylic acids is 1. The van der Waals surface area contributed by atoms with Gasteiger partial charge in [0.2, 0.25) is 0 Å². The van der Waals surface area contributed by atoms with Crippen molar-refractivity contribution >= 4 is 6.09 Å². The van der Waals surface area contributed by atoms with Crippen molar-refractivity contribution in [3.63, 3.8) is 0 Å². The van der Waals surface area contributed by atoms with Gasteiger partial charge in [0.05, 0.1) is 6.54 Å². The van der Waals surface area contributed by atoms with Crippen molar-refractivity contribution in [3.8, 4) is 0 Å². The van der Waals surface area contributed by atoms with Crippen LogP contribution in [0.1, 0.15) is 130 Å². The van der Waals surface area contributed by atoms with Gasteiger partial charge in [-0.05, 0) is 80.5 Å². The molecule has 4 aliphatic rings. The van der Waals surface area contributed by atoms with Crippen LogP contribution >= 0.6 is 0 Å². The lowest BCUT2D eigenvalue weighted by Gasteiger charge is -2.31. The van der Waals surface area contributed by atoms with Crippen molar-refractivity contribution < 1.29 is 9.53 Å². The van der Waals surface area contributed by atoms with Gasteiger partial charge < -0.3 is 15.0 Å². The Morgan fingerprint density at radius 3 is 2.00 bits per heavy atom. The second-order valence-electron chi connectivity index (χ2n) is 13.0. The van der Waals surface area contributed by atoms with E-state index >= 15 is 0 Å². The predicted octanol–water partition coefficient (Wildman–Crippen LogP) is 7.20. The first-order valence-electron chi connectivity index (χ1n) is 15.5. The minimum absolute atomic E-state index is 0.216. The highest BCUT2D eigenvalue weighted by atomic mass is 16.6. The van der Waals surface area contributed by atoms with Crippen LogP contribution in [-0.2, 0) is 30.7 Å². The third-order valence-electron chi connectivity index (χ3n) is 8.80. The van der Waals surface area contributed by atoms with Gasteiger partial charge >= 0.3 is 6.09 Å². The average molecular weight is 533 g/mol. The monoisotopic (exact) mass is 532 g/mol. The molecule has 0 atom stereocenters. The highest BCUT2D eigenvalue weighted by Gasteiger charge is 2.27. The molecule has 0 saturated heterocycles. The van der Waals surface area contributed by atoms with Crippen molar-refractivity contribution in [2.45, 2.75) is 128 Å². The zero-order valence-corrected chi connectivity index (χ0v) is 24.4. The van der Waals surface area contributed by atoms with Gasteiger partial charge in [0.25, 0.3) is 0 Å². The van der Waals surface area contributed by atoms with Crippen LogP contribution in [0.25, 0.3) is 0 Å². The van der Waals surface area contributed by atoms with Gasteiger partial charge in [-0.3, -0.25) is 9.97 Å². The van der Waals surface area contributed by atoms with Crippen LogP contribution in [0.2, 0.25) is 0 Å². The average Bonchev–Trinajstić information content (AvgIpc) is 2.97. The fraction of sp³-hybridized carbons (Fsp3) is 0.667. The molecule has 2 fully saturated rings. The van der Waals surface area contributed by atoms with E-state index in [0.717, 1.165) is 37.5 Å². The number of nitrogens with one attached hydrogen (secondary N) is 1. The van der Waals surface area contributed by atoms with Crippen LogP contribution in [0.5, 0.6) is 0 Å². The zero-order chi connectivity index (χ0) is 27.2. The second-order valence-corrected chi connectivity index (χ2v) is 13.0. The largest absolute Gasteiger partial charge is 0.444 e. The summed E-state index contributed by atoms with van der Waals surface area (Å²) in [6.07, 6.45) is 19.4. The third kappa shape index (κ3) is 7.59. The van der Waals surface area contributed by atoms with Gasteiger partial charge in [0.1, 0.15) is 5.60 Å². The van der Waals surface area contributed by atoms with Gasteiger partial charge in [0, 0.05) is 56.3 Å². The summed E-state index contributed by atoms with van der Waals surface area (Å²) in [7, 11) is 0. The predicted molar refractivity (Wildman–Crippen MR) is 156 cm³/mol. The summed E-state index contributed by atoms with van der Waals surface area (Å²) in [5.41, 5.74) is 7.50. The minimum Gasteiger partial charge on any atom is -0.444 e. The standard InChI is InChI=1S/C19H28N2O2.C14H20N2/c1-19(2,3)23-18(22)21-10-9-17-16(13-21)11-15(12-20-17)14-7-5-4-6-8-14;1-2-4-11(5-3-1)12-8-13-9-15-7-6-14(13)16-10-12/h11-12,14H,4-10,13H2,1-3H3;8,10-11,15H,1-7,9H2. The molecule has 6 rings (SSSR count). The number of ether oxygens (including phenoxy) is 1. The lowest BCUT2D eigenvalue weighted by molar-refractivity contribution is 0.0222. The molecule has 6 nitrogen and oxygen atoms in total. The fourth-order valence-electron chi connectivity index (χ4n) is 6.61. The maximum atomic E-state index is 12.3. The molecule has 212 valence electrons. The molecule has 2 aromatic heterocycles. The fourth-order valence-corrected chi connectivity index (χ4v) is 6.61. The van der Waals surface area contributed by atoms with Gasteiger partial charge in [0.15, 0.2) is 0 Å². The van der Waals surface area contributed by atoms with E-state index in [9.17, 15) is 4.79 Å². The molecular weight excluding hydrogens is 484 g/mol. The molecule has 0 radical (unpaired) electrons. The first-order valence-corrected chi connectivity index (χ1v) is 15.5. The van der Waals surface area contributed by atoms with E-state index in [0.29, 0.717) is 19.0 Å². The number of rotatable bonds is 2. The van der Waals surface area contributed by atoms with Crippen LogP contribution < -0.4 is 5.32 Å². The Bertz CT molecular complexity index is 1110. The first kappa shape index (κ1) is 28.1. The summed E-state index contributed by atoms with van der Waals surface area (Å²) in [6, 6.07) is 4.69. The van der Waals surface area contributed by atoms with E-state index in [4.69, 9.17) is 4.74 Å². The van der Waals surface area contributed by atoms with Crippen molar-refractivity contribution in [2.75, 3.05) is 13.1 Å². The van der Waals surface area contributed by atoms with Crippen LogP contribution in [0.3, 0.4) is 0 Å². The van der Waals surface area contributed by atoms with Gasteiger partial charge in [-0.2, -0.15) is 0 Å². The summed E-state index contributed by atoms with van der Waals surface area (Å²) in [6.45, 7) is 9.14. The summed E-state index contributed by atoms with van der Waals surface area (Å²) >= 11 is 0. The Hall–Kier alpha value is -2.47. The zero-order valence-electron chi connectivity index (χ0n) is 24.4. The van der Waals surface area contributed by atoms with Crippen molar-refractivity contribution in [3.05, 3.63) is 58.2 Å². The summed E-state index contributed by atoms with van der Waals surface area (Å²) < 4.78 is 5.51. The van der Waals surface area contributed by atoms with E-state index in [1.807, 2.05) is 20.8 Å². The van der Waals surface area contributed by atoms with Gasteiger partial charge in [-0.25, -0.2) is 4.79 Å². The summed E-state index contributed by atoms with van der Waals surface area (Å²) in [5, 5.41) is 3.43. The van der Waals surface area contributed by atoms with E-state index in [1.165, 1.54) is 92.2 Å². The van der Waals surface area contributed by atoms with Crippen molar-refractivity contribution in [1.82, 2.24) is 20.2 Å². The Labute approximate surface area is 235 Å². The molecule has 1 N–H and O–H groups in total. The molecule has 0 aromatic carbocycles. The number of nitrogens with zero attached hydrogens (tertiary/aromatic N) is 3. The first-order chi connectivity index (χ1) is 18.9. The second kappa shape index (κ2) is 12.8. The third-order valence-corrected chi connectivity index (χ3v) is 8.80. The Kier molecular flexibility index (Phi) is 9.21. The molecule has 4 heterocycles. The van der Waals surface area contributed by atoms with Crippen LogP contribution in [-0.4, -0.2) is 39.7 Å². The van der Waals surface area contributed by atoms with E-state index in [2.05, 4.69) is 39.8 Å². The van der Waals surface area contributed by atoms with E-state index in [1.54, 1.807) is 4.90 Å². The number of aromatic nitrogens is 2. The molecule has 0 unspecified atom stereocenters. The Morgan fingerprint density at radius 1 is 0.846 bits per heavy atom. The SMILES string of the molecule is CC(C)(C)OC(=O)N1CCc2ncc(C3CCCCC3)cc2C1.c1nc2c(cc1C1CCCCC1)CNCC2. The minimum atomic E-state index is -0.445. The quantitative estimate of drug-likeness (QED) is 0.443. The van der Waals surface area contributed by atoms with Crippen LogP contribution in [0.15, 0.2) is 24.5 Å². The number of pyridine rings is 2. The van der Waals surface area contributed by atoms with Gasteiger partial charge in [-0.1, -0.05) is 50.7 Å². The molecular formula is C33H48N4O2. The number of hydrogen-bond acceptors (Lipinski definition) is 5. The van der Waals surface area contributed by atoms with Crippen LogP contribution in [0, 0.1) is 0 Å². The molecule has 1 amide bonds. The lowest BCUT2D eigenvalue weighted by atomic mass is 9.84. The lowest BCUT2D eigenvalue weighted by Crippen LogP contribution is -2.40. The van der Waals surface area contributed by atoms with Crippen molar-refractivity contribution in [1.29, 1.82) is 0 Å². The van der Waals surface area contributed by atoms with Crippen LogP contribution in [0.4, 0.5) is 4.79 Å². The molecule has 0 spiro atoms. The molecule has 2 aliphatic heterocycles. The summed E-state index contributed by atoms with van der Waals surface area (Å²) in [5.74, 6) is 1.44. The molecule has 6 heteroatoms. The highest BCUT2D eigenvalue weighted by Crippen LogP contribution is 2.34. The number of amides is 1. The number of fused-ring (bicyclic) bond motifs is 2. The van der Waals surface area contributed by atoms with E-state index < -0.39 is 5.60 Å². The maximum absolute atomic E-state index is 12.3. The topological polar surface area (TPSA) is 67.3 Å². The smallest absolute Gasteiger partial charge is 0.410 e. The summed E-state index contributed by atoms with van der Waals surface area (Å²) in [4.78, 5) is 23.4. The Morgan fingerprint density at radius 2 is 1.41 bits per heavy atom. The van der Waals surface area contributed by atoms with E-state index in [-0.39, 0.29) is 6.09 Å². The maximum Gasteiger partial charge on any atom is 0.410 e. The number of carbonyl (C=O) groups is 1. The molecule has 2 aliphatic carbocycles. The number of hydrogen-bond donors (Lipinski definition) is 1. The van der Waals surface area contributed by atoms with Gasteiger partial charge in [-0.15, -0.1) is 0 Å². The molecule has 39 heavy (non-hydrogen) atoms. The molecule has 0 bridgehead atoms. The molecule has 2 saturated carbocycles. The highest BCUT2D eigenvalue weighted by molar-refractivity contribution is 5.68.